The largest absolute Gasteiger partial charge is 0.478 e. The van der Waals surface area contributed by atoms with Gasteiger partial charge in [0.25, 0.3) is 0 Å². The Bertz CT molecular complexity index is 322. The maximum Gasteiger partial charge on any atom is 0.213 e. The molecule has 1 heterocycles. The molecule has 1 N–H and O–H groups in total. The second kappa shape index (κ2) is 9.79. The zero-order valence-corrected chi connectivity index (χ0v) is 12.6. The third-order valence-corrected chi connectivity index (χ3v) is 3.01. The fourth-order valence-electron chi connectivity index (χ4n) is 1.81. The minimum Gasteiger partial charge on any atom is -0.478 e. The van der Waals surface area contributed by atoms with Crippen LogP contribution in [0.1, 0.15) is 58.4 Å². The molecule has 0 saturated carbocycles. The Kier molecular flexibility index (Phi) is 8.23. The zero-order chi connectivity index (χ0) is 13.9. The van der Waals surface area contributed by atoms with Crippen LogP contribution in [0.15, 0.2) is 18.3 Å². The van der Waals surface area contributed by atoms with Crippen molar-refractivity contribution in [2.75, 3.05) is 6.61 Å². The molecule has 19 heavy (non-hydrogen) atoms. The molecule has 0 amide bonds. The van der Waals surface area contributed by atoms with E-state index in [0.29, 0.717) is 6.04 Å². The molecule has 3 nitrogen and oxygen atoms in total. The van der Waals surface area contributed by atoms with E-state index in [1.165, 1.54) is 31.2 Å². The van der Waals surface area contributed by atoms with E-state index in [1.807, 2.05) is 12.3 Å². The second-order valence-electron chi connectivity index (χ2n) is 5.30. The topological polar surface area (TPSA) is 34.1 Å². The van der Waals surface area contributed by atoms with Crippen LogP contribution in [0.25, 0.3) is 0 Å². The Labute approximate surface area is 117 Å². The average molecular weight is 264 g/mol. The van der Waals surface area contributed by atoms with Crippen molar-refractivity contribution >= 4 is 0 Å². The molecule has 1 aromatic heterocycles. The maximum atomic E-state index is 5.64. The molecule has 108 valence electrons. The van der Waals surface area contributed by atoms with E-state index in [1.54, 1.807) is 0 Å². The van der Waals surface area contributed by atoms with Gasteiger partial charge in [0.1, 0.15) is 0 Å². The van der Waals surface area contributed by atoms with Crippen LogP contribution in [-0.4, -0.2) is 17.6 Å². The number of pyridine rings is 1. The molecule has 1 rings (SSSR count). The van der Waals surface area contributed by atoms with E-state index in [9.17, 15) is 0 Å². The van der Waals surface area contributed by atoms with Gasteiger partial charge in [0.05, 0.1) is 6.61 Å². The monoisotopic (exact) mass is 264 g/mol. The molecule has 0 atom stereocenters. The lowest BCUT2D eigenvalue weighted by Crippen LogP contribution is -2.21. The van der Waals surface area contributed by atoms with Gasteiger partial charge in [0.2, 0.25) is 5.88 Å². The highest BCUT2D eigenvalue weighted by Crippen LogP contribution is 2.09. The Morgan fingerprint density at radius 3 is 2.58 bits per heavy atom. The van der Waals surface area contributed by atoms with Crippen molar-refractivity contribution in [3.63, 3.8) is 0 Å². The van der Waals surface area contributed by atoms with Crippen LogP contribution >= 0.6 is 0 Å². The summed E-state index contributed by atoms with van der Waals surface area (Å²) in [6, 6.07) is 4.54. The summed E-state index contributed by atoms with van der Waals surface area (Å²) in [6.45, 7) is 8.16. The van der Waals surface area contributed by atoms with Crippen LogP contribution < -0.4 is 10.1 Å². The van der Waals surface area contributed by atoms with Crippen LogP contribution in [0.4, 0.5) is 0 Å². The van der Waals surface area contributed by atoms with E-state index in [-0.39, 0.29) is 0 Å². The molecule has 0 aliphatic rings. The van der Waals surface area contributed by atoms with Crippen molar-refractivity contribution in [2.24, 2.45) is 0 Å². The van der Waals surface area contributed by atoms with Crippen molar-refractivity contribution in [1.29, 1.82) is 0 Å². The van der Waals surface area contributed by atoms with Crippen molar-refractivity contribution < 1.29 is 4.74 Å². The molecular formula is C16H28N2O. The number of nitrogens with zero attached hydrogens (tertiary/aromatic N) is 1. The lowest BCUT2D eigenvalue weighted by molar-refractivity contribution is 0.293. The van der Waals surface area contributed by atoms with Gasteiger partial charge in [-0.25, -0.2) is 4.98 Å². The first kappa shape index (κ1) is 16.0. The first-order valence-corrected chi connectivity index (χ1v) is 7.53. The number of nitrogens with one attached hydrogen (secondary N) is 1. The summed E-state index contributed by atoms with van der Waals surface area (Å²) in [5.74, 6) is 0.740. The van der Waals surface area contributed by atoms with E-state index in [0.717, 1.165) is 25.5 Å². The number of unbranched alkanes of at least 4 members (excludes halogenated alkanes) is 4. The van der Waals surface area contributed by atoms with Gasteiger partial charge < -0.3 is 10.1 Å². The Morgan fingerprint density at radius 2 is 1.95 bits per heavy atom. The number of hydrogen-bond donors (Lipinski definition) is 1. The van der Waals surface area contributed by atoms with E-state index in [4.69, 9.17) is 4.74 Å². The van der Waals surface area contributed by atoms with Gasteiger partial charge in [-0.2, -0.15) is 0 Å². The van der Waals surface area contributed by atoms with E-state index in [2.05, 4.69) is 37.1 Å². The molecule has 0 aliphatic heterocycles. The Balaban J connectivity index is 2.17. The molecule has 3 heteroatoms. The second-order valence-corrected chi connectivity index (χ2v) is 5.30. The fraction of sp³-hybridized carbons (Fsp3) is 0.688. The molecule has 0 bridgehead atoms. The highest BCUT2D eigenvalue weighted by atomic mass is 16.5. The summed E-state index contributed by atoms with van der Waals surface area (Å²) in [5, 5.41) is 3.37. The Morgan fingerprint density at radius 1 is 1.16 bits per heavy atom. The minimum absolute atomic E-state index is 0.499. The van der Waals surface area contributed by atoms with Gasteiger partial charge in [0.15, 0.2) is 0 Å². The SMILES string of the molecule is CCCCCCCOc1ccc(CNC(C)C)cn1. The smallest absolute Gasteiger partial charge is 0.213 e. The summed E-state index contributed by atoms with van der Waals surface area (Å²) in [6.07, 6.45) is 8.20. The molecular weight excluding hydrogens is 236 g/mol. The number of ether oxygens (including phenoxy) is 1. The van der Waals surface area contributed by atoms with Gasteiger partial charge >= 0.3 is 0 Å². The van der Waals surface area contributed by atoms with Crippen LogP contribution in [0.5, 0.6) is 5.88 Å². The number of hydrogen-bond acceptors (Lipinski definition) is 3. The Hall–Kier alpha value is -1.09. The standard InChI is InChI=1S/C16H28N2O/c1-4-5-6-7-8-11-19-16-10-9-15(13-18-16)12-17-14(2)3/h9-10,13-14,17H,4-8,11-12H2,1-3H3. The molecule has 0 saturated heterocycles. The van der Waals surface area contributed by atoms with Crippen molar-refractivity contribution in [3.8, 4) is 5.88 Å². The van der Waals surface area contributed by atoms with E-state index < -0.39 is 0 Å². The summed E-state index contributed by atoms with van der Waals surface area (Å²) in [7, 11) is 0. The number of rotatable bonds is 10. The predicted octanol–water partition coefficient (Wildman–Crippen LogP) is 3.93. The third kappa shape index (κ3) is 7.83. The van der Waals surface area contributed by atoms with Crippen LogP contribution in [0, 0.1) is 0 Å². The lowest BCUT2D eigenvalue weighted by Gasteiger charge is -2.09. The van der Waals surface area contributed by atoms with Gasteiger partial charge in [-0.15, -0.1) is 0 Å². The normalized spacial score (nSPS) is 10.9. The zero-order valence-electron chi connectivity index (χ0n) is 12.6. The minimum atomic E-state index is 0.499. The van der Waals surface area contributed by atoms with Gasteiger partial charge in [0, 0.05) is 24.8 Å². The third-order valence-electron chi connectivity index (χ3n) is 3.01. The van der Waals surface area contributed by atoms with Gasteiger partial charge in [-0.3, -0.25) is 0 Å². The van der Waals surface area contributed by atoms with Crippen LogP contribution in [0.3, 0.4) is 0 Å². The van der Waals surface area contributed by atoms with E-state index >= 15 is 0 Å². The van der Waals surface area contributed by atoms with Crippen molar-refractivity contribution in [1.82, 2.24) is 10.3 Å². The van der Waals surface area contributed by atoms with Gasteiger partial charge in [-0.05, 0) is 12.0 Å². The summed E-state index contributed by atoms with van der Waals surface area (Å²) in [4.78, 5) is 4.33. The quantitative estimate of drug-likeness (QED) is 0.650. The summed E-state index contributed by atoms with van der Waals surface area (Å²) < 4.78 is 5.64. The molecule has 0 aromatic carbocycles. The highest BCUT2D eigenvalue weighted by molar-refractivity contribution is 5.17. The van der Waals surface area contributed by atoms with Crippen molar-refractivity contribution in [2.45, 2.75) is 65.5 Å². The highest BCUT2D eigenvalue weighted by Gasteiger charge is 1.98. The van der Waals surface area contributed by atoms with Gasteiger partial charge in [-0.1, -0.05) is 52.5 Å². The average Bonchev–Trinajstić information content (AvgIpc) is 2.41. The summed E-state index contributed by atoms with van der Waals surface area (Å²) in [5.41, 5.74) is 1.20. The molecule has 0 aliphatic carbocycles. The lowest BCUT2D eigenvalue weighted by atomic mass is 10.2. The van der Waals surface area contributed by atoms with Crippen LogP contribution in [-0.2, 0) is 6.54 Å². The first-order chi connectivity index (χ1) is 9.22. The molecule has 0 radical (unpaired) electrons. The molecule has 0 unspecified atom stereocenters. The number of aromatic nitrogens is 1. The predicted molar refractivity (Wildman–Crippen MR) is 80.5 cm³/mol. The maximum absolute atomic E-state index is 5.64. The molecule has 0 spiro atoms. The first-order valence-electron chi connectivity index (χ1n) is 7.53. The van der Waals surface area contributed by atoms with Crippen molar-refractivity contribution in [3.05, 3.63) is 23.9 Å². The fourth-order valence-corrected chi connectivity index (χ4v) is 1.81. The molecule has 0 fully saturated rings. The summed E-state index contributed by atoms with van der Waals surface area (Å²) >= 11 is 0. The molecule has 1 aromatic rings. The van der Waals surface area contributed by atoms with Crippen LogP contribution in [0.2, 0.25) is 0 Å².